The summed E-state index contributed by atoms with van der Waals surface area (Å²) >= 11 is 0. The predicted octanol–water partition coefficient (Wildman–Crippen LogP) is 1.20. The largest absolute Gasteiger partial charge is 0.378 e. The number of nitrogens with zero attached hydrogens (tertiary/aromatic N) is 4. The van der Waals surface area contributed by atoms with Gasteiger partial charge >= 0.3 is 0 Å². The maximum absolute atomic E-state index is 5.73. The standard InChI is InChI=1S/C18H24N6O/c19-22-16-15-7-9-23(8-6-14-4-2-1-3-5-14)17(15)21-18(20-16)24-10-12-25-13-11-24/h1-5H,6-13,19H2,(H,20,21,22). The van der Waals surface area contributed by atoms with E-state index in [1.807, 2.05) is 0 Å². The van der Waals surface area contributed by atoms with Gasteiger partial charge in [0.2, 0.25) is 5.95 Å². The van der Waals surface area contributed by atoms with Crippen LogP contribution < -0.4 is 21.1 Å². The van der Waals surface area contributed by atoms with Crippen molar-refractivity contribution in [2.45, 2.75) is 12.8 Å². The number of morpholine rings is 1. The summed E-state index contributed by atoms with van der Waals surface area (Å²) in [5.74, 6) is 8.23. The number of fused-ring (bicyclic) bond motifs is 1. The van der Waals surface area contributed by atoms with Crippen molar-refractivity contribution in [3.05, 3.63) is 41.5 Å². The minimum Gasteiger partial charge on any atom is -0.378 e. The van der Waals surface area contributed by atoms with Crippen molar-refractivity contribution in [2.24, 2.45) is 5.84 Å². The molecule has 3 N–H and O–H groups in total. The van der Waals surface area contributed by atoms with E-state index < -0.39 is 0 Å². The van der Waals surface area contributed by atoms with E-state index in [4.69, 9.17) is 15.6 Å². The Morgan fingerprint density at radius 1 is 1.08 bits per heavy atom. The Bertz CT molecular complexity index is 717. The first kappa shape index (κ1) is 16.1. The van der Waals surface area contributed by atoms with Gasteiger partial charge in [0.1, 0.15) is 5.82 Å². The zero-order chi connectivity index (χ0) is 17.1. The molecule has 2 aliphatic rings. The molecule has 0 unspecified atom stereocenters. The van der Waals surface area contributed by atoms with Crippen LogP contribution in [0.2, 0.25) is 0 Å². The summed E-state index contributed by atoms with van der Waals surface area (Å²) in [7, 11) is 0. The third-order valence-electron chi connectivity index (χ3n) is 4.85. The fourth-order valence-corrected chi connectivity index (χ4v) is 3.46. The Balaban J connectivity index is 1.56. The number of hydrogen-bond acceptors (Lipinski definition) is 7. The van der Waals surface area contributed by atoms with Gasteiger partial charge in [0.25, 0.3) is 0 Å². The summed E-state index contributed by atoms with van der Waals surface area (Å²) in [5, 5.41) is 0. The quantitative estimate of drug-likeness (QED) is 0.625. The van der Waals surface area contributed by atoms with Crippen molar-refractivity contribution >= 4 is 17.6 Å². The van der Waals surface area contributed by atoms with Crippen LogP contribution in [-0.2, 0) is 17.6 Å². The molecule has 1 aromatic heterocycles. The highest BCUT2D eigenvalue weighted by molar-refractivity contribution is 5.65. The van der Waals surface area contributed by atoms with E-state index >= 15 is 0 Å². The average Bonchev–Trinajstić information content (AvgIpc) is 3.10. The van der Waals surface area contributed by atoms with Crippen molar-refractivity contribution < 1.29 is 4.74 Å². The number of nitrogens with one attached hydrogen (secondary N) is 1. The molecule has 0 amide bonds. The zero-order valence-corrected chi connectivity index (χ0v) is 14.3. The average molecular weight is 340 g/mol. The monoisotopic (exact) mass is 340 g/mol. The SMILES string of the molecule is NNc1nc(N2CCOCC2)nc2c1CCN2CCc1ccccc1. The first-order chi connectivity index (χ1) is 12.3. The zero-order valence-electron chi connectivity index (χ0n) is 14.3. The Morgan fingerprint density at radius 3 is 2.64 bits per heavy atom. The molecule has 4 rings (SSSR count). The molecule has 1 aromatic carbocycles. The summed E-state index contributed by atoms with van der Waals surface area (Å²) in [5.41, 5.74) is 5.23. The van der Waals surface area contributed by atoms with Gasteiger partial charge in [-0.3, -0.25) is 0 Å². The van der Waals surface area contributed by atoms with E-state index in [2.05, 4.69) is 50.5 Å². The molecule has 0 saturated carbocycles. The Kier molecular flexibility index (Phi) is 4.67. The van der Waals surface area contributed by atoms with Crippen LogP contribution in [0, 0.1) is 0 Å². The maximum Gasteiger partial charge on any atom is 0.229 e. The number of anilines is 3. The van der Waals surface area contributed by atoms with E-state index in [0.29, 0.717) is 13.2 Å². The number of hydrazine groups is 1. The molecule has 0 spiro atoms. The van der Waals surface area contributed by atoms with Crippen LogP contribution in [-0.4, -0.2) is 49.4 Å². The lowest BCUT2D eigenvalue weighted by atomic mass is 10.1. The topological polar surface area (TPSA) is 79.5 Å². The second-order valence-electron chi connectivity index (χ2n) is 6.39. The van der Waals surface area contributed by atoms with Gasteiger partial charge < -0.3 is 20.0 Å². The van der Waals surface area contributed by atoms with Crippen LogP contribution in [0.3, 0.4) is 0 Å². The minimum atomic E-state index is 0.712. The van der Waals surface area contributed by atoms with Gasteiger partial charge in [-0.05, 0) is 18.4 Å². The van der Waals surface area contributed by atoms with Crippen LogP contribution >= 0.6 is 0 Å². The van der Waals surface area contributed by atoms with Crippen molar-refractivity contribution in [3.8, 4) is 0 Å². The molecule has 7 heteroatoms. The Labute approximate surface area is 147 Å². The van der Waals surface area contributed by atoms with Gasteiger partial charge in [-0.15, -0.1) is 0 Å². The van der Waals surface area contributed by atoms with Crippen LogP contribution in [0.5, 0.6) is 0 Å². The molecule has 0 atom stereocenters. The van der Waals surface area contributed by atoms with Gasteiger partial charge in [-0.2, -0.15) is 9.97 Å². The van der Waals surface area contributed by atoms with Crippen LogP contribution in [0.1, 0.15) is 11.1 Å². The Morgan fingerprint density at radius 2 is 1.88 bits per heavy atom. The normalized spacial score (nSPS) is 16.8. The van der Waals surface area contributed by atoms with Crippen molar-refractivity contribution in [3.63, 3.8) is 0 Å². The van der Waals surface area contributed by atoms with E-state index in [1.54, 1.807) is 0 Å². The molecule has 25 heavy (non-hydrogen) atoms. The number of rotatable bonds is 5. The number of ether oxygens (including phenoxy) is 1. The molecule has 7 nitrogen and oxygen atoms in total. The van der Waals surface area contributed by atoms with Gasteiger partial charge in [-0.25, -0.2) is 5.84 Å². The molecule has 2 aliphatic heterocycles. The second kappa shape index (κ2) is 7.25. The summed E-state index contributed by atoms with van der Waals surface area (Å²) in [6, 6.07) is 10.6. The van der Waals surface area contributed by atoms with Crippen LogP contribution in [0.4, 0.5) is 17.6 Å². The predicted molar refractivity (Wildman–Crippen MR) is 98.9 cm³/mol. The summed E-state index contributed by atoms with van der Waals surface area (Å²) in [6.45, 7) is 4.95. The third kappa shape index (κ3) is 3.38. The molecule has 1 saturated heterocycles. The number of hydrogen-bond donors (Lipinski definition) is 2. The van der Waals surface area contributed by atoms with Crippen LogP contribution in [0.15, 0.2) is 30.3 Å². The third-order valence-corrected chi connectivity index (χ3v) is 4.85. The molecular formula is C18H24N6O. The van der Waals surface area contributed by atoms with Gasteiger partial charge in [0.05, 0.1) is 13.2 Å². The highest BCUT2D eigenvalue weighted by Gasteiger charge is 2.27. The first-order valence-corrected chi connectivity index (χ1v) is 8.84. The Hall–Kier alpha value is -2.38. The van der Waals surface area contributed by atoms with E-state index in [0.717, 1.165) is 62.2 Å². The summed E-state index contributed by atoms with van der Waals surface area (Å²) in [6.07, 6.45) is 1.93. The lowest BCUT2D eigenvalue weighted by Gasteiger charge is -2.28. The summed E-state index contributed by atoms with van der Waals surface area (Å²) < 4.78 is 5.43. The number of benzene rings is 1. The molecule has 0 bridgehead atoms. The fraction of sp³-hybridized carbons (Fsp3) is 0.444. The number of aromatic nitrogens is 2. The highest BCUT2D eigenvalue weighted by atomic mass is 16.5. The van der Waals surface area contributed by atoms with E-state index in [1.165, 1.54) is 5.56 Å². The van der Waals surface area contributed by atoms with E-state index in [9.17, 15) is 0 Å². The van der Waals surface area contributed by atoms with Gasteiger partial charge in [-0.1, -0.05) is 30.3 Å². The minimum absolute atomic E-state index is 0.712. The van der Waals surface area contributed by atoms with Gasteiger partial charge in [0, 0.05) is 31.7 Å². The molecule has 0 aliphatic carbocycles. The van der Waals surface area contributed by atoms with Crippen molar-refractivity contribution in [2.75, 3.05) is 54.6 Å². The highest BCUT2D eigenvalue weighted by Crippen LogP contribution is 2.32. The lowest BCUT2D eigenvalue weighted by molar-refractivity contribution is 0.122. The lowest BCUT2D eigenvalue weighted by Crippen LogP contribution is -2.38. The fourth-order valence-electron chi connectivity index (χ4n) is 3.46. The second-order valence-corrected chi connectivity index (χ2v) is 6.39. The van der Waals surface area contributed by atoms with E-state index in [-0.39, 0.29) is 0 Å². The van der Waals surface area contributed by atoms with Crippen LogP contribution in [0.25, 0.3) is 0 Å². The number of nitrogens with two attached hydrogens (primary N) is 1. The molecule has 2 aromatic rings. The molecule has 0 radical (unpaired) electrons. The summed E-state index contributed by atoms with van der Waals surface area (Å²) in [4.78, 5) is 14.0. The van der Waals surface area contributed by atoms with Crippen molar-refractivity contribution in [1.82, 2.24) is 9.97 Å². The number of nitrogen functional groups attached to an aromatic ring is 1. The molecular weight excluding hydrogens is 316 g/mol. The molecule has 3 heterocycles. The molecule has 1 fully saturated rings. The van der Waals surface area contributed by atoms with Gasteiger partial charge in [0.15, 0.2) is 5.82 Å². The molecule has 132 valence electrons. The first-order valence-electron chi connectivity index (χ1n) is 8.84. The maximum atomic E-state index is 5.73. The van der Waals surface area contributed by atoms with Crippen molar-refractivity contribution in [1.29, 1.82) is 0 Å². The smallest absolute Gasteiger partial charge is 0.229 e.